The van der Waals surface area contributed by atoms with E-state index in [-0.39, 0.29) is 30.1 Å². The number of guanidine groups is 1. The van der Waals surface area contributed by atoms with Crippen LogP contribution in [0.2, 0.25) is 0 Å². The minimum absolute atomic E-state index is 0. The fraction of sp³-hybridized carbons (Fsp3) is 0.400. The van der Waals surface area contributed by atoms with E-state index in [1.807, 2.05) is 20.8 Å². The largest absolute Gasteiger partial charge is 0.371 e. The van der Waals surface area contributed by atoms with Crippen LogP contribution in [-0.4, -0.2) is 35.8 Å². The van der Waals surface area contributed by atoms with Crippen LogP contribution >= 0.6 is 24.0 Å². The summed E-state index contributed by atoms with van der Waals surface area (Å²) in [5.41, 5.74) is 2.62. The lowest BCUT2D eigenvalue weighted by atomic mass is 9.88. The van der Waals surface area contributed by atoms with Crippen molar-refractivity contribution >= 4 is 29.9 Å². The first-order chi connectivity index (χ1) is 15.7. The number of benzene rings is 2. The monoisotopic (exact) mass is 563 g/mol. The number of aliphatic imine (C=N–C) groups is 1. The Balaban J connectivity index is 0.00000385. The molecule has 0 bridgehead atoms. The molecule has 0 aliphatic carbocycles. The zero-order valence-electron chi connectivity index (χ0n) is 19.5. The summed E-state index contributed by atoms with van der Waals surface area (Å²) in [4.78, 5) is 8.99. The van der Waals surface area contributed by atoms with E-state index < -0.39 is 0 Å². The van der Waals surface area contributed by atoms with Crippen LogP contribution < -0.4 is 10.6 Å². The van der Waals surface area contributed by atoms with Crippen molar-refractivity contribution in [2.24, 2.45) is 4.99 Å². The third kappa shape index (κ3) is 8.43. The Morgan fingerprint density at radius 2 is 1.64 bits per heavy atom. The average molecular weight is 563 g/mol. The molecule has 0 saturated heterocycles. The van der Waals surface area contributed by atoms with Crippen LogP contribution in [0.5, 0.6) is 0 Å². The fourth-order valence-corrected chi connectivity index (χ4v) is 3.54. The SMILES string of the molecule is CCNC(=NCc1nc(C(C)OCC)no1)NCCC(c1ccccc1)c1ccccc1.I. The van der Waals surface area contributed by atoms with Crippen molar-refractivity contribution in [3.05, 3.63) is 83.5 Å². The van der Waals surface area contributed by atoms with Crippen molar-refractivity contribution in [2.45, 2.75) is 45.8 Å². The molecule has 33 heavy (non-hydrogen) atoms. The van der Waals surface area contributed by atoms with Crippen LogP contribution in [0.3, 0.4) is 0 Å². The highest BCUT2D eigenvalue weighted by Gasteiger charge is 2.15. The predicted octanol–water partition coefficient (Wildman–Crippen LogP) is 5.06. The highest BCUT2D eigenvalue weighted by Crippen LogP contribution is 2.27. The molecule has 2 aromatic carbocycles. The van der Waals surface area contributed by atoms with Gasteiger partial charge < -0.3 is 19.9 Å². The second-order valence-corrected chi connectivity index (χ2v) is 7.43. The second kappa shape index (κ2) is 14.6. The van der Waals surface area contributed by atoms with Gasteiger partial charge in [0.25, 0.3) is 0 Å². The molecule has 8 heteroatoms. The van der Waals surface area contributed by atoms with Gasteiger partial charge in [-0.2, -0.15) is 4.98 Å². The van der Waals surface area contributed by atoms with E-state index >= 15 is 0 Å². The van der Waals surface area contributed by atoms with Gasteiger partial charge in [0.1, 0.15) is 12.6 Å². The molecule has 0 aliphatic heterocycles. The predicted molar refractivity (Wildman–Crippen MR) is 142 cm³/mol. The van der Waals surface area contributed by atoms with Gasteiger partial charge in [0.15, 0.2) is 11.8 Å². The maximum absolute atomic E-state index is 5.51. The highest BCUT2D eigenvalue weighted by atomic mass is 127. The Labute approximate surface area is 213 Å². The highest BCUT2D eigenvalue weighted by molar-refractivity contribution is 14.0. The quantitative estimate of drug-likeness (QED) is 0.193. The minimum Gasteiger partial charge on any atom is -0.371 e. The molecule has 1 heterocycles. The molecule has 2 N–H and O–H groups in total. The Morgan fingerprint density at radius 1 is 1.00 bits per heavy atom. The van der Waals surface area contributed by atoms with E-state index in [0.29, 0.717) is 30.8 Å². The third-order valence-electron chi connectivity index (χ3n) is 5.11. The van der Waals surface area contributed by atoms with Crippen LogP contribution in [0.1, 0.15) is 62.1 Å². The first kappa shape index (κ1) is 26.8. The maximum atomic E-state index is 5.51. The van der Waals surface area contributed by atoms with Crippen LogP contribution in [0.15, 0.2) is 70.2 Å². The lowest BCUT2D eigenvalue weighted by molar-refractivity contribution is 0.0683. The van der Waals surface area contributed by atoms with E-state index in [2.05, 4.69) is 86.4 Å². The van der Waals surface area contributed by atoms with Gasteiger partial charge in [-0.25, -0.2) is 4.99 Å². The molecule has 0 aliphatic rings. The Bertz CT molecular complexity index is 910. The lowest BCUT2D eigenvalue weighted by Gasteiger charge is -2.19. The Morgan fingerprint density at radius 3 is 2.21 bits per heavy atom. The molecule has 0 fully saturated rings. The summed E-state index contributed by atoms with van der Waals surface area (Å²) >= 11 is 0. The van der Waals surface area contributed by atoms with Crippen molar-refractivity contribution in [1.82, 2.24) is 20.8 Å². The van der Waals surface area contributed by atoms with Crippen LogP contribution in [0, 0.1) is 0 Å². The zero-order valence-corrected chi connectivity index (χ0v) is 21.9. The van der Waals surface area contributed by atoms with Crippen molar-refractivity contribution in [3.63, 3.8) is 0 Å². The van der Waals surface area contributed by atoms with Crippen molar-refractivity contribution < 1.29 is 9.26 Å². The van der Waals surface area contributed by atoms with Gasteiger partial charge >= 0.3 is 0 Å². The van der Waals surface area contributed by atoms with Gasteiger partial charge in [0.2, 0.25) is 5.89 Å². The molecule has 3 rings (SSSR count). The summed E-state index contributed by atoms with van der Waals surface area (Å²) in [5.74, 6) is 2.05. The molecule has 1 atom stereocenters. The standard InChI is InChI=1S/C25H33N5O2.HI/c1-4-26-25(28-18-23-29-24(30-32-23)19(3)31-5-2)27-17-16-22(20-12-8-6-9-13-20)21-14-10-7-11-15-21;/h6-15,19,22H,4-5,16-18H2,1-3H3,(H2,26,27,28);1H. The number of nitrogens with one attached hydrogen (secondary N) is 2. The summed E-state index contributed by atoms with van der Waals surface area (Å²) in [5, 5.41) is 10.7. The molecular formula is C25H34IN5O2. The topological polar surface area (TPSA) is 84.6 Å². The third-order valence-corrected chi connectivity index (χ3v) is 5.11. The van der Waals surface area contributed by atoms with Gasteiger partial charge in [-0.3, -0.25) is 0 Å². The summed E-state index contributed by atoms with van der Waals surface area (Å²) < 4.78 is 10.8. The zero-order chi connectivity index (χ0) is 22.6. The molecule has 7 nitrogen and oxygen atoms in total. The molecule has 178 valence electrons. The van der Waals surface area contributed by atoms with E-state index in [4.69, 9.17) is 9.26 Å². The first-order valence-electron chi connectivity index (χ1n) is 11.3. The van der Waals surface area contributed by atoms with Gasteiger partial charge in [0, 0.05) is 25.6 Å². The molecule has 1 aromatic heterocycles. The van der Waals surface area contributed by atoms with Crippen LogP contribution in [0.25, 0.3) is 0 Å². The Hall–Kier alpha value is -2.46. The van der Waals surface area contributed by atoms with E-state index in [1.54, 1.807) is 0 Å². The van der Waals surface area contributed by atoms with Crippen molar-refractivity contribution in [2.75, 3.05) is 19.7 Å². The summed E-state index contributed by atoms with van der Waals surface area (Å²) in [6.07, 6.45) is 0.746. The molecular weight excluding hydrogens is 529 g/mol. The molecule has 0 amide bonds. The molecule has 0 spiro atoms. The van der Waals surface area contributed by atoms with Crippen molar-refractivity contribution in [1.29, 1.82) is 0 Å². The van der Waals surface area contributed by atoms with Gasteiger partial charge in [-0.1, -0.05) is 65.8 Å². The second-order valence-electron chi connectivity index (χ2n) is 7.43. The fourth-order valence-electron chi connectivity index (χ4n) is 3.54. The number of hydrogen-bond acceptors (Lipinski definition) is 5. The van der Waals surface area contributed by atoms with E-state index in [1.165, 1.54) is 11.1 Å². The number of ether oxygens (including phenoxy) is 1. The average Bonchev–Trinajstić information content (AvgIpc) is 3.31. The molecule has 1 unspecified atom stereocenters. The summed E-state index contributed by atoms with van der Waals surface area (Å²) in [6.45, 7) is 8.34. The normalized spacial score (nSPS) is 12.3. The number of hydrogen-bond donors (Lipinski definition) is 2. The molecule has 0 radical (unpaired) electrons. The lowest BCUT2D eigenvalue weighted by Crippen LogP contribution is -2.38. The van der Waals surface area contributed by atoms with Crippen molar-refractivity contribution in [3.8, 4) is 0 Å². The Kier molecular flexibility index (Phi) is 11.9. The summed E-state index contributed by atoms with van der Waals surface area (Å²) in [7, 11) is 0. The number of rotatable bonds is 11. The van der Waals surface area contributed by atoms with Gasteiger partial charge in [0.05, 0.1) is 0 Å². The van der Waals surface area contributed by atoms with Gasteiger partial charge in [-0.05, 0) is 38.3 Å². The first-order valence-corrected chi connectivity index (χ1v) is 11.3. The van der Waals surface area contributed by atoms with Gasteiger partial charge in [-0.15, -0.1) is 24.0 Å². The van der Waals surface area contributed by atoms with Crippen LogP contribution in [-0.2, 0) is 11.3 Å². The summed E-state index contributed by atoms with van der Waals surface area (Å²) in [6, 6.07) is 21.2. The van der Waals surface area contributed by atoms with Crippen LogP contribution in [0.4, 0.5) is 0 Å². The number of halogens is 1. The minimum atomic E-state index is -0.194. The molecule has 0 saturated carbocycles. The maximum Gasteiger partial charge on any atom is 0.248 e. The number of aromatic nitrogens is 2. The smallest absolute Gasteiger partial charge is 0.248 e. The van der Waals surface area contributed by atoms with E-state index in [9.17, 15) is 0 Å². The van der Waals surface area contributed by atoms with E-state index in [0.717, 1.165) is 25.5 Å². The molecule has 3 aromatic rings. The number of nitrogens with zero attached hydrogens (tertiary/aromatic N) is 3.